The van der Waals surface area contributed by atoms with E-state index in [1.165, 1.54) is 28.6 Å². The van der Waals surface area contributed by atoms with E-state index in [0.29, 0.717) is 43.7 Å². The lowest BCUT2D eigenvalue weighted by molar-refractivity contribution is 0.102. The fourth-order valence-corrected chi connectivity index (χ4v) is 5.18. The Labute approximate surface area is 195 Å². The van der Waals surface area contributed by atoms with Crippen LogP contribution in [0.1, 0.15) is 49.5 Å². The minimum atomic E-state index is -3.69. The molecule has 1 fully saturated rings. The van der Waals surface area contributed by atoms with Crippen LogP contribution in [0.2, 0.25) is 0 Å². The minimum Gasteiger partial charge on any atom is -0.490 e. The van der Waals surface area contributed by atoms with Gasteiger partial charge in [0.1, 0.15) is 6.07 Å². The van der Waals surface area contributed by atoms with Crippen molar-refractivity contribution in [3.8, 4) is 17.6 Å². The first kappa shape index (κ1) is 24.6. The summed E-state index contributed by atoms with van der Waals surface area (Å²) in [6.07, 6.45) is 1.63. The quantitative estimate of drug-likeness (QED) is 0.623. The summed E-state index contributed by atoms with van der Waals surface area (Å²) in [7, 11) is -3.69. The van der Waals surface area contributed by atoms with Crippen LogP contribution in [0, 0.1) is 17.2 Å². The van der Waals surface area contributed by atoms with E-state index in [0.717, 1.165) is 12.8 Å². The molecule has 176 valence electrons. The molecule has 0 atom stereocenters. The Morgan fingerprint density at radius 3 is 2.36 bits per heavy atom. The summed E-state index contributed by atoms with van der Waals surface area (Å²) in [5.41, 5.74) is 0.645. The second-order valence-electron chi connectivity index (χ2n) is 7.89. The normalized spacial score (nSPS) is 15.0. The topological polar surface area (TPSA) is 109 Å². The van der Waals surface area contributed by atoms with Crippen molar-refractivity contribution in [1.82, 2.24) is 4.31 Å². The lowest BCUT2D eigenvalue weighted by Crippen LogP contribution is -2.37. The number of rotatable bonds is 8. The molecule has 1 heterocycles. The van der Waals surface area contributed by atoms with Gasteiger partial charge in [-0.05, 0) is 50.8 Å². The van der Waals surface area contributed by atoms with Crippen molar-refractivity contribution in [3.63, 3.8) is 0 Å². The molecule has 9 heteroatoms. The number of nitriles is 1. The Hall–Kier alpha value is -3.09. The maximum atomic E-state index is 13.1. The van der Waals surface area contributed by atoms with Crippen LogP contribution in [-0.4, -0.2) is 44.9 Å². The molecule has 1 aliphatic heterocycles. The van der Waals surface area contributed by atoms with Gasteiger partial charge in [-0.25, -0.2) is 8.42 Å². The van der Waals surface area contributed by atoms with Gasteiger partial charge in [-0.3, -0.25) is 4.79 Å². The van der Waals surface area contributed by atoms with E-state index in [1.54, 1.807) is 12.1 Å². The van der Waals surface area contributed by atoms with Crippen LogP contribution in [0.3, 0.4) is 0 Å². The maximum absolute atomic E-state index is 13.1. The Bertz CT molecular complexity index is 1150. The first-order chi connectivity index (χ1) is 15.8. The second-order valence-corrected chi connectivity index (χ2v) is 9.83. The second kappa shape index (κ2) is 10.7. The van der Waals surface area contributed by atoms with Crippen molar-refractivity contribution >= 4 is 21.6 Å². The predicted octanol–water partition coefficient (Wildman–Crippen LogP) is 4.03. The monoisotopic (exact) mass is 471 g/mol. The van der Waals surface area contributed by atoms with E-state index in [2.05, 4.69) is 12.2 Å². The van der Waals surface area contributed by atoms with Gasteiger partial charge < -0.3 is 14.8 Å². The molecule has 1 saturated heterocycles. The molecule has 0 aliphatic carbocycles. The summed E-state index contributed by atoms with van der Waals surface area (Å²) < 4.78 is 38.7. The molecular formula is C24H29N3O5S. The average Bonchev–Trinajstić information content (AvgIpc) is 2.81. The van der Waals surface area contributed by atoms with Gasteiger partial charge in [0.15, 0.2) is 11.5 Å². The molecule has 33 heavy (non-hydrogen) atoms. The van der Waals surface area contributed by atoms with E-state index in [-0.39, 0.29) is 21.7 Å². The number of hydrogen-bond donors (Lipinski definition) is 1. The van der Waals surface area contributed by atoms with Gasteiger partial charge in [-0.2, -0.15) is 9.57 Å². The Balaban J connectivity index is 1.87. The molecule has 1 aliphatic rings. The van der Waals surface area contributed by atoms with Crippen LogP contribution < -0.4 is 14.8 Å². The van der Waals surface area contributed by atoms with E-state index in [9.17, 15) is 18.5 Å². The molecule has 0 bridgehead atoms. The van der Waals surface area contributed by atoms with Crippen LogP contribution in [0.4, 0.5) is 5.69 Å². The predicted molar refractivity (Wildman–Crippen MR) is 125 cm³/mol. The van der Waals surface area contributed by atoms with Crippen LogP contribution in [0.15, 0.2) is 41.3 Å². The molecule has 3 rings (SSSR count). The summed E-state index contributed by atoms with van der Waals surface area (Å²) >= 11 is 0. The fourth-order valence-electron chi connectivity index (χ4n) is 3.66. The Morgan fingerprint density at radius 2 is 1.76 bits per heavy atom. The molecule has 2 aromatic rings. The van der Waals surface area contributed by atoms with Gasteiger partial charge in [-0.1, -0.05) is 13.0 Å². The largest absolute Gasteiger partial charge is 0.490 e. The average molecular weight is 472 g/mol. The lowest BCUT2D eigenvalue weighted by Gasteiger charge is -2.29. The first-order valence-corrected chi connectivity index (χ1v) is 12.5. The van der Waals surface area contributed by atoms with E-state index in [4.69, 9.17) is 9.47 Å². The molecule has 0 aromatic heterocycles. The Kier molecular flexibility index (Phi) is 7.95. The zero-order valence-corrected chi connectivity index (χ0v) is 19.9. The molecule has 0 unspecified atom stereocenters. The van der Waals surface area contributed by atoms with Gasteiger partial charge in [0.2, 0.25) is 10.0 Å². The number of nitrogens with zero attached hydrogens (tertiary/aromatic N) is 2. The molecule has 8 nitrogen and oxygen atoms in total. The van der Waals surface area contributed by atoms with Gasteiger partial charge in [-0.15, -0.1) is 0 Å². The third kappa shape index (κ3) is 5.64. The van der Waals surface area contributed by atoms with Gasteiger partial charge >= 0.3 is 0 Å². The fraction of sp³-hybridized carbons (Fsp3) is 0.417. The summed E-state index contributed by atoms with van der Waals surface area (Å²) in [5.74, 6) is 0.795. The summed E-state index contributed by atoms with van der Waals surface area (Å²) in [6.45, 7) is 7.48. The third-order valence-corrected chi connectivity index (χ3v) is 7.42. The summed E-state index contributed by atoms with van der Waals surface area (Å²) in [4.78, 5) is 13.0. The molecule has 0 spiro atoms. The Morgan fingerprint density at radius 1 is 1.12 bits per heavy atom. The zero-order valence-electron chi connectivity index (χ0n) is 19.1. The molecule has 2 aromatic carbocycles. The highest BCUT2D eigenvalue weighted by Crippen LogP contribution is 2.34. The molecule has 1 N–H and O–H groups in total. The number of amides is 1. The van der Waals surface area contributed by atoms with Gasteiger partial charge in [0.25, 0.3) is 5.91 Å². The molecule has 0 saturated carbocycles. The van der Waals surface area contributed by atoms with E-state index >= 15 is 0 Å². The number of piperidine rings is 1. The van der Waals surface area contributed by atoms with Crippen LogP contribution in [0.25, 0.3) is 0 Å². The number of carbonyl (C=O) groups is 1. The number of sulfonamides is 1. The number of ether oxygens (including phenoxy) is 2. The van der Waals surface area contributed by atoms with E-state index in [1.807, 2.05) is 19.9 Å². The van der Waals surface area contributed by atoms with Crippen LogP contribution >= 0.6 is 0 Å². The number of nitrogens with one attached hydrogen (secondary N) is 1. The van der Waals surface area contributed by atoms with Gasteiger partial charge in [0, 0.05) is 30.8 Å². The van der Waals surface area contributed by atoms with Crippen molar-refractivity contribution in [2.75, 3.05) is 31.6 Å². The number of carbonyl (C=O) groups excluding carboxylic acids is 1. The lowest BCUT2D eigenvalue weighted by atomic mass is 10.0. The highest BCUT2D eigenvalue weighted by atomic mass is 32.2. The smallest absolute Gasteiger partial charge is 0.255 e. The first-order valence-electron chi connectivity index (χ1n) is 11.0. The molecule has 1 amide bonds. The number of hydrogen-bond acceptors (Lipinski definition) is 6. The van der Waals surface area contributed by atoms with Crippen molar-refractivity contribution in [2.45, 2.75) is 38.5 Å². The minimum absolute atomic E-state index is 0.0758. The maximum Gasteiger partial charge on any atom is 0.255 e. The number of benzene rings is 2. The molecule has 0 radical (unpaired) electrons. The highest BCUT2D eigenvalue weighted by Gasteiger charge is 2.28. The highest BCUT2D eigenvalue weighted by molar-refractivity contribution is 7.89. The molecular weight excluding hydrogens is 442 g/mol. The van der Waals surface area contributed by atoms with Crippen molar-refractivity contribution < 1.29 is 22.7 Å². The van der Waals surface area contributed by atoms with Crippen molar-refractivity contribution in [3.05, 3.63) is 47.5 Å². The number of anilines is 1. The van der Waals surface area contributed by atoms with Crippen LogP contribution in [0.5, 0.6) is 11.5 Å². The standard InChI is InChI=1S/C24H29N3O5S/c1-4-31-22-14-19(16-25)21(15-23(22)32-5-2)26-24(28)18-7-6-8-20(13-18)33(29,30)27-11-9-17(3)10-12-27/h6-8,13-15,17H,4-5,9-12H2,1-3H3,(H,26,28). The summed E-state index contributed by atoms with van der Waals surface area (Å²) in [6, 6.07) is 11.1. The van der Waals surface area contributed by atoms with E-state index < -0.39 is 15.9 Å². The van der Waals surface area contributed by atoms with Crippen LogP contribution in [-0.2, 0) is 10.0 Å². The SMILES string of the molecule is CCOc1cc(C#N)c(NC(=O)c2cccc(S(=O)(=O)N3CCC(C)CC3)c2)cc1OCC. The van der Waals surface area contributed by atoms with Crippen molar-refractivity contribution in [2.24, 2.45) is 5.92 Å². The van der Waals surface area contributed by atoms with Gasteiger partial charge in [0.05, 0.1) is 29.4 Å². The summed E-state index contributed by atoms with van der Waals surface area (Å²) in [5, 5.41) is 12.3. The zero-order chi connectivity index (χ0) is 24.0. The third-order valence-electron chi connectivity index (χ3n) is 5.53. The van der Waals surface area contributed by atoms with Crippen molar-refractivity contribution in [1.29, 1.82) is 5.26 Å².